The summed E-state index contributed by atoms with van der Waals surface area (Å²) in [4.78, 5) is 6.83. The van der Waals surface area contributed by atoms with Crippen LogP contribution in [0.2, 0.25) is 0 Å². The molecule has 0 radical (unpaired) electrons. The number of nitrogens with zero attached hydrogens (tertiary/aromatic N) is 2. The molecule has 3 rings (SSSR count). The van der Waals surface area contributed by atoms with Gasteiger partial charge in [-0.25, -0.2) is 4.98 Å². The lowest BCUT2D eigenvalue weighted by molar-refractivity contribution is 0.277. The summed E-state index contributed by atoms with van der Waals surface area (Å²) in [6.45, 7) is 3.34. The zero-order chi connectivity index (χ0) is 13.4. The third-order valence-electron chi connectivity index (χ3n) is 4.08. The largest absolute Gasteiger partial charge is 0.390 e. The van der Waals surface area contributed by atoms with Crippen molar-refractivity contribution in [3.8, 4) is 0 Å². The van der Waals surface area contributed by atoms with Crippen molar-refractivity contribution < 1.29 is 5.11 Å². The molecule has 0 aliphatic heterocycles. The van der Waals surface area contributed by atoms with Crippen molar-refractivity contribution in [3.05, 3.63) is 36.0 Å². The summed E-state index contributed by atoms with van der Waals surface area (Å²) in [5.41, 5.74) is 0.740. The molecule has 19 heavy (non-hydrogen) atoms. The summed E-state index contributed by atoms with van der Waals surface area (Å²) < 4.78 is 0. The number of hydrogen-bond acceptors (Lipinski definition) is 3. The first-order valence-corrected chi connectivity index (χ1v) is 6.89. The molecule has 0 amide bonds. The van der Waals surface area contributed by atoms with Gasteiger partial charge in [0.25, 0.3) is 0 Å². The number of anilines is 1. The lowest BCUT2D eigenvalue weighted by Crippen LogP contribution is -2.22. The number of aliphatic hydroxyl groups is 1. The van der Waals surface area contributed by atoms with Gasteiger partial charge in [0.1, 0.15) is 5.82 Å². The first-order valence-electron chi connectivity index (χ1n) is 6.89. The van der Waals surface area contributed by atoms with Crippen LogP contribution in [0.5, 0.6) is 0 Å². The van der Waals surface area contributed by atoms with E-state index in [4.69, 9.17) is 0 Å². The van der Waals surface area contributed by atoms with Crippen molar-refractivity contribution in [3.63, 3.8) is 0 Å². The van der Waals surface area contributed by atoms with Gasteiger partial charge in [-0.3, -0.25) is 0 Å². The molecule has 1 aliphatic carbocycles. The summed E-state index contributed by atoms with van der Waals surface area (Å²) in [6, 6.07) is 10.2. The molecule has 0 bridgehead atoms. The standard InChI is InChI=1S/C16H20N2O/c1-11-7-13(11)9-18(2)16-15-6-4-3-5-12(15)8-14(10-19)17-16/h3-6,8,11,13,19H,7,9-10H2,1-2H3. The van der Waals surface area contributed by atoms with Gasteiger partial charge in [0, 0.05) is 19.0 Å². The van der Waals surface area contributed by atoms with Crippen LogP contribution in [0.3, 0.4) is 0 Å². The van der Waals surface area contributed by atoms with Crippen LogP contribution in [0.15, 0.2) is 30.3 Å². The second kappa shape index (κ2) is 4.82. The molecule has 100 valence electrons. The average molecular weight is 256 g/mol. The van der Waals surface area contributed by atoms with Gasteiger partial charge in [-0.15, -0.1) is 0 Å². The van der Waals surface area contributed by atoms with Gasteiger partial charge >= 0.3 is 0 Å². The number of benzene rings is 1. The predicted octanol–water partition coefficient (Wildman–Crippen LogP) is 2.82. The molecular formula is C16H20N2O. The summed E-state index contributed by atoms with van der Waals surface area (Å²) in [5, 5.41) is 11.7. The molecular weight excluding hydrogens is 236 g/mol. The fourth-order valence-corrected chi connectivity index (χ4v) is 2.70. The van der Waals surface area contributed by atoms with Gasteiger partial charge < -0.3 is 10.0 Å². The van der Waals surface area contributed by atoms with Crippen LogP contribution in [0.25, 0.3) is 10.8 Å². The minimum Gasteiger partial charge on any atom is -0.390 e. The molecule has 2 unspecified atom stereocenters. The maximum atomic E-state index is 9.36. The molecule has 3 heteroatoms. The molecule has 1 N–H and O–H groups in total. The molecule has 1 aromatic carbocycles. The van der Waals surface area contributed by atoms with Crippen molar-refractivity contribution in [1.29, 1.82) is 0 Å². The highest BCUT2D eigenvalue weighted by atomic mass is 16.3. The fourth-order valence-electron chi connectivity index (χ4n) is 2.70. The zero-order valence-corrected chi connectivity index (χ0v) is 11.5. The molecule has 1 heterocycles. The average Bonchev–Trinajstić information content (AvgIpc) is 3.12. The van der Waals surface area contributed by atoms with Crippen molar-refractivity contribution in [1.82, 2.24) is 4.98 Å². The molecule has 0 spiro atoms. The van der Waals surface area contributed by atoms with Gasteiger partial charge in [-0.05, 0) is 29.7 Å². The Kier molecular flexibility index (Phi) is 3.15. The Morgan fingerprint density at radius 3 is 2.79 bits per heavy atom. The van der Waals surface area contributed by atoms with Crippen LogP contribution in [0, 0.1) is 11.8 Å². The van der Waals surface area contributed by atoms with E-state index in [2.05, 4.69) is 36.0 Å². The SMILES string of the molecule is CC1CC1CN(C)c1nc(CO)cc2ccccc12. The monoisotopic (exact) mass is 256 g/mol. The second-order valence-electron chi connectivity index (χ2n) is 5.67. The number of pyridine rings is 1. The lowest BCUT2D eigenvalue weighted by atomic mass is 10.1. The zero-order valence-electron chi connectivity index (χ0n) is 11.5. The highest BCUT2D eigenvalue weighted by Crippen LogP contribution is 2.39. The molecule has 2 atom stereocenters. The van der Waals surface area contributed by atoms with E-state index in [1.54, 1.807) is 0 Å². The summed E-state index contributed by atoms with van der Waals surface area (Å²) >= 11 is 0. The Bertz CT molecular complexity index is 596. The third kappa shape index (κ3) is 2.43. The van der Waals surface area contributed by atoms with Crippen LogP contribution in [0.1, 0.15) is 19.0 Å². The smallest absolute Gasteiger partial charge is 0.136 e. The van der Waals surface area contributed by atoms with E-state index in [1.807, 2.05) is 18.2 Å². The van der Waals surface area contributed by atoms with Gasteiger partial charge in [-0.1, -0.05) is 31.2 Å². The Hall–Kier alpha value is -1.61. The van der Waals surface area contributed by atoms with E-state index in [1.165, 1.54) is 6.42 Å². The highest BCUT2D eigenvalue weighted by molar-refractivity contribution is 5.92. The maximum absolute atomic E-state index is 9.36. The molecule has 0 saturated heterocycles. The first kappa shape index (κ1) is 12.4. The van der Waals surface area contributed by atoms with Crippen LogP contribution < -0.4 is 4.90 Å². The quantitative estimate of drug-likeness (QED) is 0.913. The van der Waals surface area contributed by atoms with Gasteiger partial charge in [0.15, 0.2) is 0 Å². The van der Waals surface area contributed by atoms with E-state index in [0.717, 1.165) is 40.7 Å². The van der Waals surface area contributed by atoms with Crippen molar-refractivity contribution in [2.24, 2.45) is 11.8 Å². The van der Waals surface area contributed by atoms with E-state index in [9.17, 15) is 5.11 Å². The predicted molar refractivity (Wildman–Crippen MR) is 78.2 cm³/mol. The Morgan fingerprint density at radius 2 is 2.11 bits per heavy atom. The Balaban J connectivity index is 2.00. The molecule has 1 aromatic heterocycles. The molecule has 1 saturated carbocycles. The Labute approximate surface area is 113 Å². The van der Waals surface area contributed by atoms with Crippen LogP contribution >= 0.6 is 0 Å². The van der Waals surface area contributed by atoms with E-state index >= 15 is 0 Å². The third-order valence-corrected chi connectivity index (χ3v) is 4.08. The lowest BCUT2D eigenvalue weighted by Gasteiger charge is -2.21. The molecule has 1 aliphatic rings. The van der Waals surface area contributed by atoms with Gasteiger partial charge in [0.2, 0.25) is 0 Å². The Morgan fingerprint density at radius 1 is 1.37 bits per heavy atom. The number of aliphatic hydroxyl groups excluding tert-OH is 1. The van der Waals surface area contributed by atoms with E-state index < -0.39 is 0 Å². The second-order valence-corrected chi connectivity index (χ2v) is 5.67. The fraction of sp³-hybridized carbons (Fsp3) is 0.438. The first-order chi connectivity index (χ1) is 9.19. The molecule has 2 aromatic rings. The van der Waals surface area contributed by atoms with E-state index in [-0.39, 0.29) is 6.61 Å². The summed E-state index contributed by atoms with van der Waals surface area (Å²) in [7, 11) is 2.10. The number of hydrogen-bond donors (Lipinski definition) is 1. The van der Waals surface area contributed by atoms with Crippen molar-refractivity contribution >= 4 is 16.6 Å². The van der Waals surface area contributed by atoms with Crippen LogP contribution in [-0.2, 0) is 6.61 Å². The van der Waals surface area contributed by atoms with Crippen LogP contribution in [-0.4, -0.2) is 23.7 Å². The van der Waals surface area contributed by atoms with Crippen molar-refractivity contribution in [2.75, 3.05) is 18.5 Å². The molecule has 1 fully saturated rings. The number of rotatable bonds is 4. The van der Waals surface area contributed by atoms with Crippen LogP contribution in [0.4, 0.5) is 5.82 Å². The number of fused-ring (bicyclic) bond motifs is 1. The van der Waals surface area contributed by atoms with E-state index in [0.29, 0.717) is 0 Å². The highest BCUT2D eigenvalue weighted by Gasteiger charge is 2.33. The maximum Gasteiger partial charge on any atom is 0.136 e. The normalized spacial score (nSPS) is 21.6. The minimum absolute atomic E-state index is 0.00843. The summed E-state index contributed by atoms with van der Waals surface area (Å²) in [5.74, 6) is 2.62. The minimum atomic E-state index is -0.00843. The van der Waals surface area contributed by atoms with Gasteiger partial charge in [0.05, 0.1) is 12.3 Å². The molecule has 3 nitrogen and oxygen atoms in total. The van der Waals surface area contributed by atoms with Crippen molar-refractivity contribution in [2.45, 2.75) is 20.0 Å². The topological polar surface area (TPSA) is 36.4 Å². The number of aromatic nitrogens is 1. The van der Waals surface area contributed by atoms with Gasteiger partial charge in [-0.2, -0.15) is 0 Å². The summed E-state index contributed by atoms with van der Waals surface area (Å²) in [6.07, 6.45) is 1.32.